The summed E-state index contributed by atoms with van der Waals surface area (Å²) in [6.45, 7) is 2.50. The third kappa shape index (κ3) is 3.93. The number of nitrogens with one attached hydrogen (secondary N) is 1. The van der Waals surface area contributed by atoms with Gasteiger partial charge in [-0.25, -0.2) is 4.52 Å². The van der Waals surface area contributed by atoms with Gasteiger partial charge in [0, 0.05) is 37.2 Å². The summed E-state index contributed by atoms with van der Waals surface area (Å²) in [6.07, 6.45) is 1.31. The molecule has 0 bridgehead atoms. The van der Waals surface area contributed by atoms with Crippen molar-refractivity contribution in [1.82, 2.24) is 9.61 Å². The first kappa shape index (κ1) is 17.9. The highest BCUT2D eigenvalue weighted by atomic mass is 19.4. The Bertz CT molecular complexity index is 912. The highest BCUT2D eigenvalue weighted by Gasteiger charge is 2.30. The van der Waals surface area contributed by atoms with Crippen LogP contribution in [0.1, 0.15) is 18.4 Å². The summed E-state index contributed by atoms with van der Waals surface area (Å²) in [4.78, 5) is 0. The Hall–Kier alpha value is -2.54. The quantitative estimate of drug-likeness (QED) is 0.708. The van der Waals surface area contributed by atoms with Crippen LogP contribution in [0.5, 0.6) is 0 Å². The zero-order valence-corrected chi connectivity index (χ0v) is 14.7. The van der Waals surface area contributed by atoms with Gasteiger partial charge in [-0.05, 0) is 48.6 Å². The van der Waals surface area contributed by atoms with Crippen LogP contribution in [0.25, 0.3) is 16.6 Å². The second-order valence-corrected chi connectivity index (χ2v) is 6.82. The number of alkyl halides is 3. The molecule has 4 nitrogen and oxygen atoms in total. The van der Waals surface area contributed by atoms with E-state index < -0.39 is 11.7 Å². The van der Waals surface area contributed by atoms with E-state index in [1.165, 1.54) is 12.1 Å². The molecule has 1 fully saturated rings. The predicted octanol–water partition coefficient (Wildman–Crippen LogP) is 4.86. The molecule has 1 aromatic carbocycles. The molecule has 1 N–H and O–H groups in total. The van der Waals surface area contributed by atoms with Crippen LogP contribution in [-0.4, -0.2) is 29.4 Å². The number of hydrogen-bond donors (Lipinski definition) is 1. The van der Waals surface area contributed by atoms with E-state index in [-0.39, 0.29) is 0 Å². The molecule has 142 valence electrons. The van der Waals surface area contributed by atoms with Crippen molar-refractivity contribution in [3.8, 4) is 11.1 Å². The molecule has 0 unspecified atom stereocenters. The fourth-order valence-corrected chi connectivity index (χ4v) is 3.36. The first-order valence-electron chi connectivity index (χ1n) is 8.97. The maximum Gasteiger partial charge on any atom is 0.416 e. The highest BCUT2D eigenvalue weighted by molar-refractivity contribution is 5.81. The average molecular weight is 375 g/mol. The Morgan fingerprint density at radius 2 is 1.85 bits per heavy atom. The number of anilines is 1. The number of nitrogens with zero attached hydrogens (tertiary/aromatic N) is 2. The van der Waals surface area contributed by atoms with Gasteiger partial charge >= 0.3 is 6.18 Å². The van der Waals surface area contributed by atoms with E-state index in [9.17, 15) is 13.2 Å². The molecule has 4 rings (SSSR count). The van der Waals surface area contributed by atoms with Crippen LogP contribution < -0.4 is 5.32 Å². The molecule has 7 heteroatoms. The summed E-state index contributed by atoms with van der Waals surface area (Å²) < 4.78 is 45.4. The second-order valence-electron chi connectivity index (χ2n) is 6.82. The van der Waals surface area contributed by atoms with E-state index in [0.29, 0.717) is 11.5 Å². The monoisotopic (exact) mass is 375 g/mol. The van der Waals surface area contributed by atoms with Crippen LogP contribution in [0.2, 0.25) is 0 Å². The topological polar surface area (TPSA) is 38.6 Å². The Labute approximate surface area is 155 Å². The fraction of sp³-hybridized carbons (Fsp3) is 0.350. The predicted molar refractivity (Wildman–Crippen MR) is 97.7 cm³/mol. The molecule has 3 heterocycles. The minimum absolute atomic E-state index is 0.592. The molecule has 1 aliphatic heterocycles. The summed E-state index contributed by atoms with van der Waals surface area (Å²) >= 11 is 0. The third-order valence-electron chi connectivity index (χ3n) is 4.98. The van der Waals surface area contributed by atoms with Crippen molar-refractivity contribution < 1.29 is 17.9 Å². The Balaban J connectivity index is 1.56. The van der Waals surface area contributed by atoms with Gasteiger partial charge in [-0.3, -0.25) is 0 Å². The Kier molecular flexibility index (Phi) is 4.78. The van der Waals surface area contributed by atoms with Gasteiger partial charge < -0.3 is 10.1 Å². The van der Waals surface area contributed by atoms with E-state index >= 15 is 0 Å². The lowest BCUT2D eigenvalue weighted by atomic mass is 10.0. The van der Waals surface area contributed by atoms with Crippen molar-refractivity contribution >= 4 is 11.2 Å². The minimum Gasteiger partial charge on any atom is -0.385 e. The van der Waals surface area contributed by atoms with Gasteiger partial charge in [0.15, 0.2) is 0 Å². The molecule has 27 heavy (non-hydrogen) atoms. The number of aromatic nitrogens is 2. The zero-order valence-electron chi connectivity index (χ0n) is 14.7. The Morgan fingerprint density at radius 1 is 1.11 bits per heavy atom. The first-order chi connectivity index (χ1) is 13.0. The molecule has 0 saturated carbocycles. The lowest BCUT2D eigenvalue weighted by Crippen LogP contribution is -2.22. The van der Waals surface area contributed by atoms with E-state index in [1.54, 1.807) is 10.7 Å². The van der Waals surface area contributed by atoms with Gasteiger partial charge in [0.1, 0.15) is 0 Å². The SMILES string of the molecule is FC(F)(F)c1ccc(-c2cnn3ccc(NCC4CCOCC4)cc23)cc1. The molecular formula is C20H20F3N3O. The van der Waals surface area contributed by atoms with Gasteiger partial charge in [-0.15, -0.1) is 0 Å². The van der Waals surface area contributed by atoms with Gasteiger partial charge in [0.2, 0.25) is 0 Å². The van der Waals surface area contributed by atoms with E-state index in [2.05, 4.69) is 10.4 Å². The molecule has 1 aliphatic rings. The van der Waals surface area contributed by atoms with Gasteiger partial charge in [0.25, 0.3) is 0 Å². The van der Waals surface area contributed by atoms with Crippen LogP contribution in [0.15, 0.2) is 48.8 Å². The number of pyridine rings is 1. The molecule has 2 aromatic heterocycles. The molecule has 0 spiro atoms. The smallest absolute Gasteiger partial charge is 0.385 e. The van der Waals surface area contributed by atoms with Crippen LogP contribution in [-0.2, 0) is 10.9 Å². The van der Waals surface area contributed by atoms with Crippen molar-refractivity contribution in [3.63, 3.8) is 0 Å². The lowest BCUT2D eigenvalue weighted by Gasteiger charge is -2.22. The molecular weight excluding hydrogens is 355 g/mol. The number of ether oxygens (including phenoxy) is 1. The summed E-state index contributed by atoms with van der Waals surface area (Å²) in [5.41, 5.74) is 2.69. The second kappa shape index (κ2) is 7.23. The van der Waals surface area contributed by atoms with Crippen molar-refractivity contribution in [1.29, 1.82) is 0 Å². The summed E-state index contributed by atoms with van der Waals surface area (Å²) in [7, 11) is 0. The first-order valence-corrected chi connectivity index (χ1v) is 8.97. The van der Waals surface area contributed by atoms with Crippen molar-refractivity contribution in [2.24, 2.45) is 5.92 Å². The van der Waals surface area contributed by atoms with E-state index in [4.69, 9.17) is 4.74 Å². The zero-order chi connectivity index (χ0) is 18.9. The van der Waals surface area contributed by atoms with Crippen molar-refractivity contribution in [3.05, 3.63) is 54.4 Å². The highest BCUT2D eigenvalue weighted by Crippen LogP contribution is 2.32. The van der Waals surface area contributed by atoms with Crippen LogP contribution >= 0.6 is 0 Å². The molecule has 0 amide bonds. The normalized spacial score (nSPS) is 16.0. The molecule has 0 aliphatic carbocycles. The van der Waals surface area contributed by atoms with Crippen LogP contribution in [0.4, 0.5) is 18.9 Å². The maximum absolute atomic E-state index is 12.8. The summed E-state index contributed by atoms with van der Waals surface area (Å²) in [5.74, 6) is 0.592. The van der Waals surface area contributed by atoms with Crippen LogP contribution in [0, 0.1) is 5.92 Å². The average Bonchev–Trinajstić information content (AvgIpc) is 3.10. The largest absolute Gasteiger partial charge is 0.416 e. The van der Waals surface area contributed by atoms with Crippen molar-refractivity contribution in [2.45, 2.75) is 19.0 Å². The number of rotatable bonds is 4. The number of benzene rings is 1. The Morgan fingerprint density at radius 3 is 2.56 bits per heavy atom. The standard InChI is InChI=1S/C20H20F3N3O/c21-20(22,23)16-3-1-15(2-4-16)18-13-25-26-8-5-17(11-19(18)26)24-12-14-6-9-27-10-7-14/h1-5,8,11,13-14,24H,6-7,9-10,12H2. The number of fused-ring (bicyclic) bond motifs is 1. The van der Waals surface area contributed by atoms with E-state index in [1.807, 2.05) is 18.3 Å². The molecule has 0 atom stereocenters. The van der Waals surface area contributed by atoms with Crippen LogP contribution in [0.3, 0.4) is 0 Å². The summed E-state index contributed by atoms with van der Waals surface area (Å²) in [5, 5.41) is 7.77. The van der Waals surface area contributed by atoms with Gasteiger partial charge in [-0.2, -0.15) is 18.3 Å². The fourth-order valence-electron chi connectivity index (χ4n) is 3.36. The van der Waals surface area contributed by atoms with E-state index in [0.717, 1.165) is 61.5 Å². The third-order valence-corrected chi connectivity index (χ3v) is 4.98. The maximum atomic E-state index is 12.8. The number of halogens is 3. The van der Waals surface area contributed by atoms with Crippen molar-refractivity contribution in [2.75, 3.05) is 25.1 Å². The minimum atomic E-state index is -4.33. The lowest BCUT2D eigenvalue weighted by molar-refractivity contribution is -0.137. The molecule has 1 saturated heterocycles. The number of hydrogen-bond acceptors (Lipinski definition) is 3. The molecule has 0 radical (unpaired) electrons. The van der Waals surface area contributed by atoms with Gasteiger partial charge in [0.05, 0.1) is 17.3 Å². The van der Waals surface area contributed by atoms with Gasteiger partial charge in [-0.1, -0.05) is 12.1 Å². The molecule has 3 aromatic rings. The summed E-state index contributed by atoms with van der Waals surface area (Å²) in [6, 6.07) is 9.12.